The predicted octanol–water partition coefficient (Wildman–Crippen LogP) is 3.13. The number of piperazine rings is 1. The molecule has 1 aliphatic heterocycles. The van der Waals surface area contributed by atoms with Crippen LogP contribution in [0.25, 0.3) is 0 Å². The maximum atomic E-state index is 13.9. The summed E-state index contributed by atoms with van der Waals surface area (Å²) in [6, 6.07) is 3.75. The number of nitrogens with one attached hydrogen (secondary N) is 1. The normalized spacial score (nSPS) is 17.8. The summed E-state index contributed by atoms with van der Waals surface area (Å²) in [4.78, 5) is 2.25. The van der Waals surface area contributed by atoms with Crippen molar-refractivity contribution in [3.63, 3.8) is 0 Å². The topological polar surface area (TPSA) is 15.3 Å². The Labute approximate surface area is 119 Å². The van der Waals surface area contributed by atoms with Gasteiger partial charge in [-0.1, -0.05) is 13.3 Å². The van der Waals surface area contributed by atoms with E-state index in [1.54, 1.807) is 0 Å². The molecule has 1 saturated heterocycles. The van der Waals surface area contributed by atoms with Crippen LogP contribution in [0.15, 0.2) is 18.2 Å². The van der Waals surface area contributed by atoms with E-state index in [2.05, 4.69) is 17.1 Å². The maximum absolute atomic E-state index is 13.9. The standard InChI is InChI=1S/C14H20F2N2.ClH/c1-2-3-14(18-8-6-17-7-9-18)12-10-11(15)4-5-13(12)16;/h4-5,10,14,17H,2-3,6-9H2,1H3;1H/t14-;/m0./s1. The first kappa shape index (κ1) is 16.3. The molecule has 108 valence electrons. The van der Waals surface area contributed by atoms with Gasteiger partial charge in [0, 0.05) is 37.8 Å². The highest BCUT2D eigenvalue weighted by atomic mass is 35.5. The molecule has 0 aliphatic carbocycles. The van der Waals surface area contributed by atoms with Crippen LogP contribution in [0.5, 0.6) is 0 Å². The fraction of sp³-hybridized carbons (Fsp3) is 0.571. The average molecular weight is 291 g/mol. The molecule has 0 bridgehead atoms. The Morgan fingerprint density at radius 1 is 1.26 bits per heavy atom. The van der Waals surface area contributed by atoms with E-state index in [1.165, 1.54) is 18.2 Å². The highest BCUT2D eigenvalue weighted by Crippen LogP contribution is 2.28. The van der Waals surface area contributed by atoms with Gasteiger partial charge in [0.2, 0.25) is 0 Å². The molecule has 1 aromatic rings. The Morgan fingerprint density at radius 3 is 2.58 bits per heavy atom. The zero-order valence-electron chi connectivity index (χ0n) is 11.2. The first-order valence-electron chi connectivity index (χ1n) is 6.62. The van der Waals surface area contributed by atoms with Crippen LogP contribution in [0.3, 0.4) is 0 Å². The lowest BCUT2D eigenvalue weighted by Crippen LogP contribution is -2.45. The Kier molecular flexibility index (Phi) is 6.69. The van der Waals surface area contributed by atoms with Gasteiger partial charge in [-0.3, -0.25) is 4.90 Å². The molecular formula is C14H21ClF2N2. The molecule has 1 fully saturated rings. The second-order valence-corrected chi connectivity index (χ2v) is 4.76. The fourth-order valence-corrected chi connectivity index (χ4v) is 2.57. The van der Waals surface area contributed by atoms with E-state index in [4.69, 9.17) is 0 Å². The largest absolute Gasteiger partial charge is 0.314 e. The van der Waals surface area contributed by atoms with Crippen molar-refractivity contribution in [1.82, 2.24) is 10.2 Å². The van der Waals surface area contributed by atoms with E-state index in [0.29, 0.717) is 5.56 Å². The number of halogens is 3. The van der Waals surface area contributed by atoms with Crippen LogP contribution in [0.1, 0.15) is 31.4 Å². The summed E-state index contributed by atoms with van der Waals surface area (Å²) < 4.78 is 27.2. The van der Waals surface area contributed by atoms with Crippen LogP contribution >= 0.6 is 12.4 Å². The Bertz CT molecular complexity index is 395. The minimum Gasteiger partial charge on any atom is -0.314 e. The molecule has 2 rings (SSSR count). The second-order valence-electron chi connectivity index (χ2n) is 4.76. The molecule has 1 heterocycles. The lowest BCUT2D eigenvalue weighted by Gasteiger charge is -2.35. The molecule has 1 N–H and O–H groups in total. The van der Waals surface area contributed by atoms with Gasteiger partial charge in [-0.15, -0.1) is 12.4 Å². The summed E-state index contributed by atoms with van der Waals surface area (Å²) in [7, 11) is 0. The number of benzene rings is 1. The number of hydrogen-bond donors (Lipinski definition) is 1. The van der Waals surface area contributed by atoms with Gasteiger partial charge in [-0.2, -0.15) is 0 Å². The SMILES string of the molecule is CCC[C@@H](c1cc(F)ccc1F)N1CCNCC1.Cl. The van der Waals surface area contributed by atoms with Crippen LogP contribution in [0.4, 0.5) is 8.78 Å². The summed E-state index contributed by atoms with van der Waals surface area (Å²) in [5, 5.41) is 3.28. The molecular weight excluding hydrogens is 270 g/mol. The second kappa shape index (κ2) is 7.78. The van der Waals surface area contributed by atoms with Crippen LogP contribution in [0.2, 0.25) is 0 Å². The molecule has 0 radical (unpaired) electrons. The van der Waals surface area contributed by atoms with E-state index in [1.807, 2.05) is 0 Å². The molecule has 0 unspecified atom stereocenters. The number of nitrogens with zero attached hydrogens (tertiary/aromatic N) is 1. The van der Waals surface area contributed by atoms with Crippen molar-refractivity contribution >= 4 is 12.4 Å². The third kappa shape index (κ3) is 4.13. The van der Waals surface area contributed by atoms with E-state index in [9.17, 15) is 8.78 Å². The minimum absolute atomic E-state index is 0. The molecule has 19 heavy (non-hydrogen) atoms. The number of hydrogen-bond acceptors (Lipinski definition) is 2. The lowest BCUT2D eigenvalue weighted by atomic mass is 9.99. The molecule has 0 amide bonds. The van der Waals surface area contributed by atoms with Gasteiger partial charge in [-0.05, 0) is 24.6 Å². The Morgan fingerprint density at radius 2 is 1.95 bits per heavy atom. The van der Waals surface area contributed by atoms with Gasteiger partial charge in [-0.25, -0.2) is 8.78 Å². The Balaban J connectivity index is 0.00000180. The number of rotatable bonds is 4. The summed E-state index contributed by atoms with van der Waals surface area (Å²) in [6.07, 6.45) is 1.82. The van der Waals surface area contributed by atoms with E-state index >= 15 is 0 Å². The molecule has 0 spiro atoms. The van der Waals surface area contributed by atoms with Crippen LogP contribution in [-0.4, -0.2) is 31.1 Å². The van der Waals surface area contributed by atoms with Gasteiger partial charge in [0.15, 0.2) is 0 Å². The fourth-order valence-electron chi connectivity index (χ4n) is 2.57. The van der Waals surface area contributed by atoms with Gasteiger partial charge in [0.25, 0.3) is 0 Å². The first-order valence-corrected chi connectivity index (χ1v) is 6.62. The van der Waals surface area contributed by atoms with Crippen molar-refractivity contribution < 1.29 is 8.78 Å². The smallest absolute Gasteiger partial charge is 0.128 e. The molecule has 1 aliphatic rings. The summed E-state index contributed by atoms with van der Waals surface area (Å²) in [6.45, 7) is 5.68. The van der Waals surface area contributed by atoms with E-state index in [0.717, 1.165) is 39.0 Å². The monoisotopic (exact) mass is 290 g/mol. The van der Waals surface area contributed by atoms with Gasteiger partial charge >= 0.3 is 0 Å². The summed E-state index contributed by atoms with van der Waals surface area (Å²) >= 11 is 0. The van der Waals surface area contributed by atoms with E-state index < -0.39 is 0 Å². The minimum atomic E-state index is -0.359. The average Bonchev–Trinajstić information content (AvgIpc) is 2.40. The summed E-state index contributed by atoms with van der Waals surface area (Å²) in [5.41, 5.74) is 0.499. The molecule has 1 atom stereocenters. The summed E-state index contributed by atoms with van der Waals surface area (Å²) in [5.74, 6) is -0.656. The molecule has 1 aromatic carbocycles. The van der Waals surface area contributed by atoms with E-state index in [-0.39, 0.29) is 30.1 Å². The third-order valence-corrected chi connectivity index (χ3v) is 3.47. The highest BCUT2D eigenvalue weighted by Gasteiger charge is 2.24. The van der Waals surface area contributed by atoms with Gasteiger partial charge < -0.3 is 5.32 Å². The highest BCUT2D eigenvalue weighted by molar-refractivity contribution is 5.85. The molecule has 0 saturated carbocycles. The molecule has 0 aromatic heterocycles. The van der Waals surface area contributed by atoms with Crippen LogP contribution in [-0.2, 0) is 0 Å². The van der Waals surface area contributed by atoms with Crippen LogP contribution < -0.4 is 5.32 Å². The maximum Gasteiger partial charge on any atom is 0.128 e. The Hall–Kier alpha value is -0.710. The zero-order valence-corrected chi connectivity index (χ0v) is 12.0. The van der Waals surface area contributed by atoms with Crippen molar-refractivity contribution in [2.24, 2.45) is 0 Å². The zero-order chi connectivity index (χ0) is 13.0. The quantitative estimate of drug-likeness (QED) is 0.916. The molecule has 2 nitrogen and oxygen atoms in total. The lowest BCUT2D eigenvalue weighted by molar-refractivity contribution is 0.161. The third-order valence-electron chi connectivity index (χ3n) is 3.47. The van der Waals surface area contributed by atoms with Crippen LogP contribution in [0, 0.1) is 11.6 Å². The van der Waals surface area contributed by atoms with Crippen molar-refractivity contribution in [3.05, 3.63) is 35.4 Å². The first-order chi connectivity index (χ1) is 8.72. The van der Waals surface area contributed by atoms with Gasteiger partial charge in [0.05, 0.1) is 0 Å². The van der Waals surface area contributed by atoms with Crippen molar-refractivity contribution in [2.45, 2.75) is 25.8 Å². The predicted molar refractivity (Wildman–Crippen MR) is 75.7 cm³/mol. The van der Waals surface area contributed by atoms with Crippen molar-refractivity contribution in [3.8, 4) is 0 Å². The molecule has 5 heteroatoms. The van der Waals surface area contributed by atoms with Crippen molar-refractivity contribution in [2.75, 3.05) is 26.2 Å². The van der Waals surface area contributed by atoms with Gasteiger partial charge in [0.1, 0.15) is 11.6 Å². The van der Waals surface area contributed by atoms with Crippen molar-refractivity contribution in [1.29, 1.82) is 0 Å².